The Balaban J connectivity index is 2.11. The summed E-state index contributed by atoms with van der Waals surface area (Å²) in [7, 11) is -3.31. The van der Waals surface area contributed by atoms with Crippen LogP contribution in [0.4, 0.5) is 4.39 Å². The molecule has 1 aliphatic rings. The minimum absolute atomic E-state index is 0.0139. The number of rotatable bonds is 6. The van der Waals surface area contributed by atoms with Crippen LogP contribution in [0, 0.1) is 5.82 Å². The Labute approximate surface area is 112 Å². The van der Waals surface area contributed by atoms with Gasteiger partial charge in [-0.15, -0.1) is 0 Å². The lowest BCUT2D eigenvalue weighted by atomic mass is 10.1. The van der Waals surface area contributed by atoms with Gasteiger partial charge < -0.3 is 5.11 Å². The quantitative estimate of drug-likeness (QED) is 0.866. The van der Waals surface area contributed by atoms with E-state index in [0.717, 1.165) is 12.8 Å². The number of sulfonamides is 1. The van der Waals surface area contributed by atoms with Crippen molar-refractivity contribution in [2.45, 2.75) is 31.9 Å². The molecule has 0 aliphatic heterocycles. The van der Waals surface area contributed by atoms with Crippen LogP contribution in [0.2, 0.25) is 0 Å². The van der Waals surface area contributed by atoms with Gasteiger partial charge in [-0.2, -0.15) is 4.31 Å². The monoisotopic (exact) mass is 287 g/mol. The molecule has 19 heavy (non-hydrogen) atoms. The third-order valence-electron chi connectivity index (χ3n) is 3.28. The summed E-state index contributed by atoms with van der Waals surface area (Å²) in [5, 5.41) is 10.1. The van der Waals surface area contributed by atoms with Crippen molar-refractivity contribution in [3.63, 3.8) is 0 Å². The number of benzene rings is 1. The highest BCUT2D eigenvalue weighted by Gasteiger charge is 2.37. The molecular weight excluding hydrogens is 269 g/mol. The lowest BCUT2D eigenvalue weighted by molar-refractivity contribution is 0.145. The van der Waals surface area contributed by atoms with Crippen LogP contribution in [0.15, 0.2) is 24.3 Å². The fraction of sp³-hybridized carbons (Fsp3) is 0.538. The number of hydrogen-bond donors (Lipinski definition) is 1. The van der Waals surface area contributed by atoms with Crippen LogP contribution in [0.25, 0.3) is 0 Å². The summed E-state index contributed by atoms with van der Waals surface area (Å²) in [4.78, 5) is 0. The minimum Gasteiger partial charge on any atom is -0.387 e. The molecule has 0 heterocycles. The first-order valence-corrected chi connectivity index (χ1v) is 7.98. The van der Waals surface area contributed by atoms with E-state index in [1.807, 2.05) is 0 Å². The van der Waals surface area contributed by atoms with Crippen LogP contribution in [0.1, 0.15) is 31.4 Å². The van der Waals surface area contributed by atoms with Gasteiger partial charge in [-0.05, 0) is 37.5 Å². The summed E-state index contributed by atoms with van der Waals surface area (Å²) in [6, 6.07) is 5.48. The summed E-state index contributed by atoms with van der Waals surface area (Å²) >= 11 is 0. The van der Waals surface area contributed by atoms with Crippen LogP contribution in [0.3, 0.4) is 0 Å². The van der Waals surface area contributed by atoms with Crippen molar-refractivity contribution in [1.29, 1.82) is 0 Å². The average molecular weight is 287 g/mol. The molecule has 0 spiro atoms. The molecule has 0 amide bonds. The standard InChI is InChI=1S/C13H18FNO3S/c1-2-19(17,18)15(12-7-8-12)9-13(16)10-3-5-11(14)6-4-10/h3-6,12-13,16H,2,7-9H2,1H3. The fourth-order valence-electron chi connectivity index (χ4n) is 1.98. The molecule has 6 heteroatoms. The van der Waals surface area contributed by atoms with E-state index in [1.165, 1.54) is 28.6 Å². The van der Waals surface area contributed by atoms with Gasteiger partial charge in [0, 0.05) is 12.6 Å². The zero-order chi connectivity index (χ0) is 14.0. The first-order valence-electron chi connectivity index (χ1n) is 6.37. The van der Waals surface area contributed by atoms with Gasteiger partial charge in [0.2, 0.25) is 10.0 Å². The third kappa shape index (κ3) is 3.52. The molecule has 0 saturated heterocycles. The molecular formula is C13H18FNO3S. The van der Waals surface area contributed by atoms with Crippen molar-refractivity contribution in [2.24, 2.45) is 0 Å². The van der Waals surface area contributed by atoms with E-state index >= 15 is 0 Å². The van der Waals surface area contributed by atoms with Gasteiger partial charge in [-0.1, -0.05) is 12.1 Å². The smallest absolute Gasteiger partial charge is 0.214 e. The van der Waals surface area contributed by atoms with Gasteiger partial charge in [0.25, 0.3) is 0 Å². The minimum atomic E-state index is -3.31. The number of hydrogen-bond acceptors (Lipinski definition) is 3. The molecule has 0 radical (unpaired) electrons. The average Bonchev–Trinajstić information content (AvgIpc) is 3.20. The predicted octanol–water partition coefficient (Wildman–Crippen LogP) is 1.67. The first kappa shape index (κ1) is 14.4. The van der Waals surface area contributed by atoms with Gasteiger partial charge in [-0.25, -0.2) is 12.8 Å². The largest absolute Gasteiger partial charge is 0.387 e. The molecule has 1 saturated carbocycles. The Morgan fingerprint density at radius 2 is 1.95 bits per heavy atom. The van der Waals surface area contributed by atoms with E-state index in [1.54, 1.807) is 6.92 Å². The maximum atomic E-state index is 12.8. The lowest BCUT2D eigenvalue weighted by Gasteiger charge is -2.24. The molecule has 1 atom stereocenters. The molecule has 1 N–H and O–H groups in total. The zero-order valence-electron chi connectivity index (χ0n) is 10.8. The van der Waals surface area contributed by atoms with Gasteiger partial charge >= 0.3 is 0 Å². The highest BCUT2D eigenvalue weighted by Crippen LogP contribution is 2.31. The third-order valence-corrected chi connectivity index (χ3v) is 5.18. The van der Waals surface area contributed by atoms with Crippen molar-refractivity contribution < 1.29 is 17.9 Å². The van der Waals surface area contributed by atoms with Crippen molar-refractivity contribution in [3.8, 4) is 0 Å². The molecule has 1 unspecified atom stereocenters. The summed E-state index contributed by atoms with van der Waals surface area (Å²) in [5.41, 5.74) is 0.526. The second kappa shape index (κ2) is 5.56. The van der Waals surface area contributed by atoms with Gasteiger partial charge in [0.1, 0.15) is 5.82 Å². The number of nitrogens with zero attached hydrogens (tertiary/aromatic N) is 1. The van der Waals surface area contributed by atoms with E-state index in [0.29, 0.717) is 5.56 Å². The SMILES string of the molecule is CCS(=O)(=O)N(CC(O)c1ccc(F)cc1)C1CC1. The van der Waals surface area contributed by atoms with Gasteiger partial charge in [-0.3, -0.25) is 0 Å². The second-order valence-electron chi connectivity index (χ2n) is 4.77. The van der Waals surface area contributed by atoms with Crippen LogP contribution in [0.5, 0.6) is 0 Å². The fourth-order valence-corrected chi connectivity index (χ4v) is 3.34. The molecule has 2 rings (SSSR count). The van der Waals surface area contributed by atoms with Crippen LogP contribution in [-0.2, 0) is 10.0 Å². The van der Waals surface area contributed by atoms with E-state index in [-0.39, 0.29) is 24.2 Å². The molecule has 1 aliphatic carbocycles. The predicted molar refractivity (Wildman–Crippen MR) is 70.5 cm³/mol. The van der Waals surface area contributed by atoms with Gasteiger partial charge in [0.05, 0.1) is 11.9 Å². The van der Waals surface area contributed by atoms with E-state index in [4.69, 9.17) is 0 Å². The van der Waals surface area contributed by atoms with Crippen molar-refractivity contribution in [1.82, 2.24) is 4.31 Å². The normalized spacial score (nSPS) is 17.7. The van der Waals surface area contributed by atoms with Crippen molar-refractivity contribution in [2.75, 3.05) is 12.3 Å². The number of aliphatic hydroxyl groups is 1. The summed E-state index contributed by atoms with van der Waals surface area (Å²) < 4.78 is 38.1. The van der Waals surface area contributed by atoms with Crippen LogP contribution >= 0.6 is 0 Å². The summed E-state index contributed by atoms with van der Waals surface area (Å²) in [5.74, 6) is -0.351. The molecule has 1 fully saturated rings. The zero-order valence-corrected chi connectivity index (χ0v) is 11.6. The Hall–Kier alpha value is -0.980. The van der Waals surface area contributed by atoms with Crippen LogP contribution < -0.4 is 0 Å². The highest BCUT2D eigenvalue weighted by atomic mass is 32.2. The molecule has 1 aromatic rings. The Bertz CT molecular complexity index is 525. The maximum absolute atomic E-state index is 12.8. The van der Waals surface area contributed by atoms with Crippen LogP contribution in [-0.4, -0.2) is 36.2 Å². The molecule has 4 nitrogen and oxygen atoms in total. The lowest BCUT2D eigenvalue weighted by Crippen LogP contribution is -2.37. The van der Waals surface area contributed by atoms with E-state index < -0.39 is 16.1 Å². The topological polar surface area (TPSA) is 57.6 Å². The summed E-state index contributed by atoms with van der Waals surface area (Å²) in [6.07, 6.45) is 0.757. The Kier molecular flexibility index (Phi) is 4.23. The number of aliphatic hydroxyl groups excluding tert-OH is 1. The Morgan fingerprint density at radius 1 is 1.37 bits per heavy atom. The van der Waals surface area contributed by atoms with E-state index in [9.17, 15) is 17.9 Å². The number of halogens is 1. The van der Waals surface area contributed by atoms with Gasteiger partial charge in [0.15, 0.2) is 0 Å². The van der Waals surface area contributed by atoms with Crippen molar-refractivity contribution in [3.05, 3.63) is 35.6 Å². The van der Waals surface area contributed by atoms with E-state index in [2.05, 4.69) is 0 Å². The Morgan fingerprint density at radius 3 is 2.42 bits per heavy atom. The maximum Gasteiger partial charge on any atom is 0.214 e. The molecule has 0 aromatic heterocycles. The molecule has 1 aromatic carbocycles. The molecule has 106 valence electrons. The van der Waals surface area contributed by atoms with Crippen molar-refractivity contribution >= 4 is 10.0 Å². The molecule has 0 bridgehead atoms. The summed E-state index contributed by atoms with van der Waals surface area (Å²) in [6.45, 7) is 1.63. The second-order valence-corrected chi connectivity index (χ2v) is 6.98. The highest BCUT2D eigenvalue weighted by molar-refractivity contribution is 7.89. The first-order chi connectivity index (χ1) is 8.94.